The van der Waals surface area contributed by atoms with Gasteiger partial charge in [-0.05, 0) is 13.0 Å². The number of carbonyl (C=O) groups excluding carboxylic acids is 2. The van der Waals surface area contributed by atoms with Crippen LogP contribution in [-0.4, -0.2) is 12.2 Å². The molecule has 0 saturated heterocycles. The molecule has 0 heterocycles. The van der Waals surface area contributed by atoms with E-state index >= 15 is 0 Å². The summed E-state index contributed by atoms with van der Waals surface area (Å²) in [6.07, 6.45) is 1.83. The second kappa shape index (κ2) is 7.62. The predicted molar refractivity (Wildman–Crippen MR) is 40.3 cm³/mol. The quantitative estimate of drug-likeness (QED) is 0.447. The van der Waals surface area contributed by atoms with Crippen molar-refractivity contribution in [3.8, 4) is 0 Å². The van der Waals surface area contributed by atoms with E-state index in [-0.39, 0.29) is 0 Å². The number of rotatable bonds is 2. The van der Waals surface area contributed by atoms with Crippen LogP contribution in [0.5, 0.6) is 0 Å². The van der Waals surface area contributed by atoms with Gasteiger partial charge < -0.3 is 5.73 Å². The van der Waals surface area contributed by atoms with Crippen LogP contribution in [0.3, 0.4) is 0 Å². The van der Waals surface area contributed by atoms with Crippen molar-refractivity contribution in [3.63, 3.8) is 0 Å². The number of aldehydes is 1. The third-order valence-corrected chi connectivity index (χ3v) is 0.517. The van der Waals surface area contributed by atoms with Gasteiger partial charge in [-0.1, -0.05) is 13.2 Å². The van der Waals surface area contributed by atoms with Crippen LogP contribution >= 0.6 is 0 Å². The Morgan fingerprint density at radius 2 is 1.80 bits per heavy atom. The molecule has 1 amide bonds. The SMILES string of the molecule is C=C(C)C(N)=O.C=CC=O. The minimum Gasteiger partial charge on any atom is -0.366 e. The summed E-state index contributed by atoms with van der Waals surface area (Å²) in [4.78, 5) is 18.9. The molecule has 0 rings (SSSR count). The molecule has 3 heteroatoms. The van der Waals surface area contributed by atoms with E-state index in [1.165, 1.54) is 6.08 Å². The fourth-order valence-electron chi connectivity index (χ4n) is 0. The highest BCUT2D eigenvalue weighted by Crippen LogP contribution is 1.78. The largest absolute Gasteiger partial charge is 0.366 e. The molecule has 0 aliphatic heterocycles. The third kappa shape index (κ3) is 16.0. The van der Waals surface area contributed by atoms with Crippen LogP contribution in [-0.2, 0) is 9.59 Å². The van der Waals surface area contributed by atoms with E-state index in [0.29, 0.717) is 11.9 Å². The standard InChI is InChI=1S/C4H7NO.C3H4O/c1-3(2)4(5)6;1-2-3-4/h1H2,2H3,(H2,5,6);2-3H,1H2. The number of allylic oxidation sites excluding steroid dienone is 1. The smallest absolute Gasteiger partial charge is 0.243 e. The van der Waals surface area contributed by atoms with E-state index in [1.54, 1.807) is 6.92 Å². The Bertz CT molecular complexity index is 132. The van der Waals surface area contributed by atoms with E-state index in [0.717, 1.165) is 0 Å². The van der Waals surface area contributed by atoms with E-state index in [9.17, 15) is 4.79 Å². The van der Waals surface area contributed by atoms with Crippen LogP contribution in [0.2, 0.25) is 0 Å². The minimum absolute atomic E-state index is 0.398. The van der Waals surface area contributed by atoms with Gasteiger partial charge in [0, 0.05) is 5.57 Å². The van der Waals surface area contributed by atoms with Gasteiger partial charge in [-0.25, -0.2) is 0 Å². The third-order valence-electron chi connectivity index (χ3n) is 0.517. The van der Waals surface area contributed by atoms with E-state index < -0.39 is 5.91 Å². The Hall–Kier alpha value is -1.38. The first-order valence-electron chi connectivity index (χ1n) is 2.57. The molecule has 0 spiro atoms. The first-order chi connectivity index (χ1) is 4.56. The molecule has 3 nitrogen and oxygen atoms in total. The van der Waals surface area contributed by atoms with Gasteiger partial charge >= 0.3 is 0 Å². The van der Waals surface area contributed by atoms with Crippen molar-refractivity contribution < 1.29 is 9.59 Å². The van der Waals surface area contributed by atoms with E-state index in [2.05, 4.69) is 13.2 Å². The van der Waals surface area contributed by atoms with Gasteiger partial charge in [0.2, 0.25) is 5.91 Å². The first kappa shape index (κ1) is 11.4. The van der Waals surface area contributed by atoms with Gasteiger partial charge in [-0.2, -0.15) is 0 Å². The summed E-state index contributed by atoms with van der Waals surface area (Å²) in [5.41, 5.74) is 5.09. The highest BCUT2D eigenvalue weighted by Gasteiger charge is 1.86. The lowest BCUT2D eigenvalue weighted by molar-refractivity contribution is -0.114. The van der Waals surface area contributed by atoms with Crippen molar-refractivity contribution in [2.45, 2.75) is 6.92 Å². The van der Waals surface area contributed by atoms with Gasteiger partial charge in [0.05, 0.1) is 0 Å². The molecule has 0 aromatic rings. The molecule has 56 valence electrons. The number of hydrogen-bond acceptors (Lipinski definition) is 2. The lowest BCUT2D eigenvalue weighted by Gasteiger charge is -1.81. The summed E-state index contributed by atoms with van der Waals surface area (Å²) in [6, 6.07) is 0. The molecular weight excluding hydrogens is 130 g/mol. The van der Waals surface area contributed by atoms with Crippen LogP contribution < -0.4 is 5.73 Å². The maximum Gasteiger partial charge on any atom is 0.243 e. The molecule has 0 unspecified atom stereocenters. The Labute approximate surface area is 60.2 Å². The van der Waals surface area contributed by atoms with Crippen LogP contribution in [0, 0.1) is 0 Å². The van der Waals surface area contributed by atoms with Crippen molar-refractivity contribution in [1.82, 2.24) is 0 Å². The summed E-state index contributed by atoms with van der Waals surface area (Å²) in [5.74, 6) is -0.435. The Balaban J connectivity index is 0. The average molecular weight is 141 g/mol. The zero-order chi connectivity index (χ0) is 8.57. The molecule has 0 atom stereocenters. The number of primary amides is 1. The molecular formula is C7H11NO2. The fourth-order valence-corrected chi connectivity index (χ4v) is 0. The lowest BCUT2D eigenvalue weighted by Crippen LogP contribution is -2.10. The highest BCUT2D eigenvalue weighted by atomic mass is 16.1. The molecule has 0 aliphatic carbocycles. The molecule has 0 saturated carbocycles. The van der Waals surface area contributed by atoms with Gasteiger partial charge in [0.25, 0.3) is 0 Å². The van der Waals surface area contributed by atoms with Crippen molar-refractivity contribution in [2.24, 2.45) is 5.73 Å². The van der Waals surface area contributed by atoms with Crippen LogP contribution in [0.1, 0.15) is 6.92 Å². The Morgan fingerprint density at radius 1 is 1.60 bits per heavy atom. The maximum absolute atomic E-state index is 9.82. The summed E-state index contributed by atoms with van der Waals surface area (Å²) >= 11 is 0. The molecule has 0 aliphatic rings. The monoisotopic (exact) mass is 141 g/mol. The van der Waals surface area contributed by atoms with Crippen LogP contribution in [0.25, 0.3) is 0 Å². The fraction of sp³-hybridized carbons (Fsp3) is 0.143. The zero-order valence-electron chi connectivity index (χ0n) is 5.96. The number of nitrogens with two attached hydrogens (primary N) is 1. The number of hydrogen-bond donors (Lipinski definition) is 1. The summed E-state index contributed by atoms with van der Waals surface area (Å²) in [5, 5.41) is 0. The summed E-state index contributed by atoms with van der Waals surface area (Å²) in [7, 11) is 0. The van der Waals surface area contributed by atoms with Crippen molar-refractivity contribution in [1.29, 1.82) is 0 Å². The predicted octanol–water partition coefficient (Wildman–Crippen LogP) is 0.419. The minimum atomic E-state index is -0.435. The maximum atomic E-state index is 9.82. The van der Waals surface area contributed by atoms with Gasteiger partial charge in [-0.15, -0.1) is 0 Å². The first-order valence-corrected chi connectivity index (χ1v) is 2.57. The normalized spacial score (nSPS) is 6.50. The van der Waals surface area contributed by atoms with Crippen molar-refractivity contribution in [3.05, 3.63) is 24.8 Å². The summed E-state index contributed by atoms with van der Waals surface area (Å²) < 4.78 is 0. The van der Waals surface area contributed by atoms with E-state index in [1.807, 2.05) is 0 Å². The Kier molecular flexibility index (Phi) is 8.70. The van der Waals surface area contributed by atoms with E-state index in [4.69, 9.17) is 10.5 Å². The molecule has 10 heavy (non-hydrogen) atoms. The number of carbonyl (C=O) groups is 2. The van der Waals surface area contributed by atoms with Gasteiger partial charge in [0.15, 0.2) is 0 Å². The number of amides is 1. The highest BCUT2D eigenvalue weighted by molar-refractivity contribution is 5.90. The van der Waals surface area contributed by atoms with Crippen molar-refractivity contribution >= 4 is 12.2 Å². The summed E-state index contributed by atoms with van der Waals surface area (Å²) in [6.45, 7) is 7.96. The zero-order valence-corrected chi connectivity index (χ0v) is 5.96. The molecule has 0 bridgehead atoms. The second-order valence-electron chi connectivity index (χ2n) is 1.52. The van der Waals surface area contributed by atoms with Gasteiger partial charge in [-0.3, -0.25) is 9.59 Å². The van der Waals surface area contributed by atoms with Crippen LogP contribution in [0.15, 0.2) is 24.8 Å². The van der Waals surface area contributed by atoms with Crippen molar-refractivity contribution in [2.75, 3.05) is 0 Å². The Morgan fingerprint density at radius 3 is 1.80 bits per heavy atom. The second-order valence-corrected chi connectivity index (χ2v) is 1.52. The van der Waals surface area contributed by atoms with Gasteiger partial charge in [0.1, 0.15) is 6.29 Å². The average Bonchev–Trinajstić information content (AvgIpc) is 1.89. The molecule has 0 radical (unpaired) electrons. The molecule has 0 aromatic heterocycles. The topological polar surface area (TPSA) is 60.2 Å². The lowest BCUT2D eigenvalue weighted by atomic mass is 10.3. The molecule has 0 fully saturated rings. The van der Waals surface area contributed by atoms with Crippen LogP contribution in [0.4, 0.5) is 0 Å². The molecule has 2 N–H and O–H groups in total. The molecule has 0 aromatic carbocycles.